The Labute approximate surface area is 99.8 Å². The maximum Gasteiger partial charge on any atom is 0.331 e. The Balaban J connectivity index is 2.60. The molecule has 1 saturated carbocycles. The van der Waals surface area contributed by atoms with Gasteiger partial charge < -0.3 is 9.47 Å². The van der Waals surface area contributed by atoms with Gasteiger partial charge in [0.05, 0.1) is 7.11 Å². The van der Waals surface area contributed by atoms with Crippen molar-refractivity contribution < 1.29 is 23.9 Å². The zero-order valence-electron chi connectivity index (χ0n) is 10.2. The fourth-order valence-electron chi connectivity index (χ4n) is 1.73. The molecule has 1 aliphatic rings. The quantitative estimate of drug-likeness (QED) is 0.544. The van der Waals surface area contributed by atoms with Crippen molar-refractivity contribution >= 4 is 17.7 Å². The number of ketones is 1. The van der Waals surface area contributed by atoms with Gasteiger partial charge in [-0.1, -0.05) is 13.8 Å². The predicted molar refractivity (Wildman–Crippen MR) is 59.1 cm³/mol. The average molecular weight is 240 g/mol. The van der Waals surface area contributed by atoms with Gasteiger partial charge in [-0.3, -0.25) is 4.79 Å². The minimum Gasteiger partial charge on any atom is -0.466 e. The molecule has 1 atom stereocenters. The predicted octanol–water partition coefficient (Wildman–Crippen LogP) is 1.02. The summed E-state index contributed by atoms with van der Waals surface area (Å²) in [6.07, 6.45) is 2.33. The van der Waals surface area contributed by atoms with Gasteiger partial charge in [0.25, 0.3) is 0 Å². The lowest BCUT2D eigenvalue weighted by atomic mass is 9.89. The first-order chi connectivity index (χ1) is 7.86. The van der Waals surface area contributed by atoms with Crippen molar-refractivity contribution in [2.24, 2.45) is 5.41 Å². The molecule has 1 rings (SSSR count). The first kappa shape index (κ1) is 13.4. The molecule has 0 unspecified atom stereocenters. The third kappa shape index (κ3) is 3.41. The molecule has 0 bridgehead atoms. The van der Waals surface area contributed by atoms with E-state index >= 15 is 0 Å². The van der Waals surface area contributed by atoms with Crippen molar-refractivity contribution in [1.82, 2.24) is 0 Å². The van der Waals surface area contributed by atoms with E-state index in [9.17, 15) is 14.4 Å². The third-order valence-electron chi connectivity index (χ3n) is 2.81. The highest BCUT2D eigenvalue weighted by molar-refractivity contribution is 5.94. The summed E-state index contributed by atoms with van der Waals surface area (Å²) in [5, 5.41) is 0. The van der Waals surface area contributed by atoms with E-state index in [0.29, 0.717) is 12.8 Å². The lowest BCUT2D eigenvalue weighted by molar-refractivity contribution is -0.153. The molecule has 1 fully saturated rings. The standard InChI is InChI=1S/C12H16O5/c1-12(2)7-6-8(13)11(12)17-10(15)5-4-9(14)16-3/h4-5,11H,6-7H2,1-3H3/b5-4+/t11-/m0/s1. The second-order valence-electron chi connectivity index (χ2n) is 4.63. The Morgan fingerprint density at radius 1 is 1.29 bits per heavy atom. The zero-order chi connectivity index (χ0) is 13.1. The first-order valence-electron chi connectivity index (χ1n) is 5.36. The summed E-state index contributed by atoms with van der Waals surface area (Å²) in [4.78, 5) is 33.7. The van der Waals surface area contributed by atoms with Gasteiger partial charge in [0, 0.05) is 24.0 Å². The molecule has 17 heavy (non-hydrogen) atoms. The Morgan fingerprint density at radius 3 is 2.35 bits per heavy atom. The lowest BCUT2D eigenvalue weighted by Crippen LogP contribution is -2.33. The van der Waals surface area contributed by atoms with Crippen LogP contribution in [0.3, 0.4) is 0 Å². The topological polar surface area (TPSA) is 69.7 Å². The van der Waals surface area contributed by atoms with Gasteiger partial charge in [-0.2, -0.15) is 0 Å². The maximum atomic E-state index is 11.5. The fourth-order valence-corrected chi connectivity index (χ4v) is 1.73. The maximum absolute atomic E-state index is 11.5. The molecule has 0 aliphatic heterocycles. The van der Waals surface area contributed by atoms with Crippen LogP contribution in [0.15, 0.2) is 12.2 Å². The molecule has 5 nitrogen and oxygen atoms in total. The van der Waals surface area contributed by atoms with Crippen LogP contribution in [-0.4, -0.2) is 30.9 Å². The number of ether oxygens (including phenoxy) is 2. The fraction of sp³-hybridized carbons (Fsp3) is 0.583. The minimum absolute atomic E-state index is 0.0742. The molecule has 0 aromatic rings. The van der Waals surface area contributed by atoms with Crippen LogP contribution in [0.25, 0.3) is 0 Å². The Hall–Kier alpha value is -1.65. The van der Waals surface area contributed by atoms with Gasteiger partial charge in [0.15, 0.2) is 11.9 Å². The van der Waals surface area contributed by atoms with E-state index in [0.717, 1.165) is 12.2 Å². The SMILES string of the molecule is COC(=O)/C=C/C(=O)O[C@H]1C(=O)CCC1(C)C. The van der Waals surface area contributed by atoms with Crippen molar-refractivity contribution in [2.75, 3.05) is 7.11 Å². The number of carbonyl (C=O) groups excluding carboxylic acids is 3. The monoisotopic (exact) mass is 240 g/mol. The minimum atomic E-state index is -0.725. The second kappa shape index (κ2) is 5.12. The number of hydrogen-bond donors (Lipinski definition) is 0. The Bertz CT molecular complexity index is 367. The van der Waals surface area contributed by atoms with E-state index < -0.39 is 18.0 Å². The molecule has 0 heterocycles. The molecule has 1 aliphatic carbocycles. The van der Waals surface area contributed by atoms with Gasteiger partial charge >= 0.3 is 11.9 Å². The highest BCUT2D eigenvalue weighted by Gasteiger charge is 2.43. The van der Waals surface area contributed by atoms with E-state index in [1.54, 1.807) is 0 Å². The first-order valence-corrected chi connectivity index (χ1v) is 5.36. The molecule has 0 N–H and O–H groups in total. The summed E-state index contributed by atoms with van der Waals surface area (Å²) in [5.41, 5.74) is -0.341. The van der Waals surface area contributed by atoms with Gasteiger partial charge in [-0.15, -0.1) is 0 Å². The summed E-state index contributed by atoms with van der Waals surface area (Å²) in [6.45, 7) is 3.75. The van der Waals surface area contributed by atoms with Crippen LogP contribution in [0.5, 0.6) is 0 Å². The van der Waals surface area contributed by atoms with E-state index in [2.05, 4.69) is 4.74 Å². The second-order valence-corrected chi connectivity index (χ2v) is 4.63. The van der Waals surface area contributed by atoms with Crippen molar-refractivity contribution in [2.45, 2.75) is 32.8 Å². The summed E-state index contributed by atoms with van der Waals surface area (Å²) in [7, 11) is 1.21. The summed E-state index contributed by atoms with van der Waals surface area (Å²) >= 11 is 0. The van der Waals surface area contributed by atoms with Crippen LogP contribution in [-0.2, 0) is 23.9 Å². The number of Topliss-reactive ketones (excluding diaryl/α,β-unsaturated/α-hetero) is 1. The summed E-state index contributed by atoms with van der Waals surface area (Å²) in [6, 6.07) is 0. The molecule has 0 aromatic carbocycles. The van der Waals surface area contributed by atoms with Crippen LogP contribution in [0.1, 0.15) is 26.7 Å². The summed E-state index contributed by atoms with van der Waals surface area (Å²) < 4.78 is 9.38. The largest absolute Gasteiger partial charge is 0.466 e. The normalized spacial score (nSPS) is 22.8. The Kier molecular flexibility index (Phi) is 4.04. The molecule has 5 heteroatoms. The number of carbonyl (C=O) groups is 3. The molecule has 0 amide bonds. The molecule has 0 saturated heterocycles. The molecule has 0 aromatic heterocycles. The van der Waals surface area contributed by atoms with Crippen LogP contribution in [0.4, 0.5) is 0 Å². The van der Waals surface area contributed by atoms with Crippen LogP contribution >= 0.6 is 0 Å². The Morgan fingerprint density at radius 2 is 1.88 bits per heavy atom. The van der Waals surface area contributed by atoms with Crippen LogP contribution in [0, 0.1) is 5.41 Å². The molecular weight excluding hydrogens is 224 g/mol. The van der Waals surface area contributed by atoms with Crippen LogP contribution in [0.2, 0.25) is 0 Å². The van der Waals surface area contributed by atoms with Crippen molar-refractivity contribution in [1.29, 1.82) is 0 Å². The third-order valence-corrected chi connectivity index (χ3v) is 2.81. The summed E-state index contributed by atoms with van der Waals surface area (Å²) in [5.74, 6) is -1.42. The number of rotatable bonds is 3. The average Bonchev–Trinajstić information content (AvgIpc) is 2.53. The lowest BCUT2D eigenvalue weighted by Gasteiger charge is -2.24. The number of methoxy groups -OCH3 is 1. The van der Waals surface area contributed by atoms with Crippen LogP contribution < -0.4 is 0 Å². The van der Waals surface area contributed by atoms with E-state index in [4.69, 9.17) is 4.74 Å². The van der Waals surface area contributed by atoms with Crippen molar-refractivity contribution in [3.8, 4) is 0 Å². The van der Waals surface area contributed by atoms with Gasteiger partial charge in [-0.25, -0.2) is 9.59 Å². The number of esters is 2. The van der Waals surface area contributed by atoms with Crippen molar-refractivity contribution in [3.63, 3.8) is 0 Å². The molecule has 0 radical (unpaired) electrons. The molecular formula is C12H16O5. The molecule has 94 valence electrons. The van der Waals surface area contributed by atoms with Gasteiger partial charge in [0.1, 0.15) is 0 Å². The zero-order valence-corrected chi connectivity index (χ0v) is 10.2. The smallest absolute Gasteiger partial charge is 0.331 e. The van der Waals surface area contributed by atoms with Gasteiger partial charge in [-0.05, 0) is 6.42 Å². The molecule has 0 spiro atoms. The van der Waals surface area contributed by atoms with E-state index in [1.165, 1.54) is 7.11 Å². The van der Waals surface area contributed by atoms with E-state index in [1.807, 2.05) is 13.8 Å². The highest BCUT2D eigenvalue weighted by Crippen LogP contribution is 2.37. The van der Waals surface area contributed by atoms with Gasteiger partial charge in [0.2, 0.25) is 0 Å². The van der Waals surface area contributed by atoms with E-state index in [-0.39, 0.29) is 11.2 Å². The van der Waals surface area contributed by atoms with Crippen molar-refractivity contribution in [3.05, 3.63) is 12.2 Å². The number of hydrogen-bond acceptors (Lipinski definition) is 5. The highest BCUT2D eigenvalue weighted by atomic mass is 16.5.